The highest BCUT2D eigenvalue weighted by molar-refractivity contribution is 5.75. The maximum absolute atomic E-state index is 10.7. The van der Waals surface area contributed by atoms with E-state index in [9.17, 15) is 4.79 Å². The zero-order chi connectivity index (χ0) is 11.1. The van der Waals surface area contributed by atoms with Crippen LogP contribution in [-0.2, 0) is 4.79 Å². The van der Waals surface area contributed by atoms with Crippen molar-refractivity contribution in [2.75, 3.05) is 45.9 Å². The summed E-state index contributed by atoms with van der Waals surface area (Å²) in [5, 5.41) is 8.66. The lowest BCUT2D eigenvalue weighted by Crippen LogP contribution is -2.48. The zero-order valence-electron chi connectivity index (χ0n) is 9.19. The number of rotatable bonds is 6. The average molecular weight is 215 g/mol. The molecule has 88 valence electrons. The van der Waals surface area contributed by atoms with Crippen molar-refractivity contribution in [2.45, 2.75) is 12.8 Å². The van der Waals surface area contributed by atoms with E-state index in [1.54, 1.807) is 0 Å². The Labute approximate surface area is 90.8 Å². The Morgan fingerprint density at radius 1 is 1.13 bits per heavy atom. The van der Waals surface area contributed by atoms with Crippen LogP contribution in [0.4, 0.5) is 0 Å². The molecule has 5 heteroatoms. The van der Waals surface area contributed by atoms with Gasteiger partial charge < -0.3 is 15.7 Å². The number of hydrogen-bond acceptors (Lipinski definition) is 4. The summed E-state index contributed by atoms with van der Waals surface area (Å²) in [4.78, 5) is 15.2. The molecule has 0 saturated carbocycles. The summed E-state index contributed by atoms with van der Waals surface area (Å²) in [6.07, 6.45) is 1.92. The van der Waals surface area contributed by atoms with Gasteiger partial charge in [-0.25, -0.2) is 0 Å². The second kappa shape index (κ2) is 6.76. The maximum Gasteiger partial charge on any atom is 0.231 e. The molecule has 1 rings (SSSR count). The van der Waals surface area contributed by atoms with Gasteiger partial charge in [0.1, 0.15) is 0 Å². The largest absolute Gasteiger partial charge is 0.396 e. The normalized spacial score (nSPS) is 19.3. The van der Waals surface area contributed by atoms with E-state index in [-0.39, 0.29) is 12.5 Å². The van der Waals surface area contributed by atoms with Crippen molar-refractivity contribution in [1.82, 2.24) is 9.80 Å². The number of amides is 1. The van der Waals surface area contributed by atoms with Crippen molar-refractivity contribution < 1.29 is 9.90 Å². The standard InChI is InChI=1S/C10H21N3O2/c11-10(15)9-13-6-4-12(5-7-13)3-1-2-8-14/h14H,1-9H2,(H2,11,15). The van der Waals surface area contributed by atoms with Gasteiger partial charge in [-0.3, -0.25) is 9.69 Å². The van der Waals surface area contributed by atoms with Gasteiger partial charge in [0, 0.05) is 32.8 Å². The van der Waals surface area contributed by atoms with Crippen LogP contribution in [0.1, 0.15) is 12.8 Å². The van der Waals surface area contributed by atoms with E-state index >= 15 is 0 Å². The number of unbranched alkanes of at least 4 members (excludes halogenated alkanes) is 1. The van der Waals surface area contributed by atoms with Crippen LogP contribution in [0.2, 0.25) is 0 Å². The predicted octanol–water partition coefficient (Wildman–Crippen LogP) is -1.14. The molecule has 3 N–H and O–H groups in total. The Hall–Kier alpha value is -0.650. The lowest BCUT2D eigenvalue weighted by molar-refractivity contribution is -0.119. The highest BCUT2D eigenvalue weighted by Gasteiger charge is 2.17. The molecule has 1 heterocycles. The fourth-order valence-electron chi connectivity index (χ4n) is 1.84. The van der Waals surface area contributed by atoms with Gasteiger partial charge in [0.25, 0.3) is 0 Å². The second-order valence-electron chi connectivity index (χ2n) is 4.01. The number of primary amides is 1. The quantitative estimate of drug-likeness (QED) is 0.550. The molecule has 0 radical (unpaired) electrons. The number of nitrogens with zero attached hydrogens (tertiary/aromatic N) is 2. The van der Waals surface area contributed by atoms with Crippen molar-refractivity contribution in [1.29, 1.82) is 0 Å². The van der Waals surface area contributed by atoms with Gasteiger partial charge in [-0.15, -0.1) is 0 Å². The van der Waals surface area contributed by atoms with Crippen LogP contribution in [0.5, 0.6) is 0 Å². The van der Waals surface area contributed by atoms with E-state index in [1.165, 1.54) is 0 Å². The predicted molar refractivity (Wildman–Crippen MR) is 58.4 cm³/mol. The molecule has 0 bridgehead atoms. The number of carbonyl (C=O) groups excluding carboxylic acids is 1. The molecule has 0 aromatic carbocycles. The average Bonchev–Trinajstić information content (AvgIpc) is 2.20. The van der Waals surface area contributed by atoms with E-state index in [4.69, 9.17) is 10.8 Å². The third kappa shape index (κ3) is 5.11. The summed E-state index contributed by atoms with van der Waals surface area (Å²) < 4.78 is 0. The third-order valence-corrected chi connectivity index (χ3v) is 2.73. The number of hydrogen-bond donors (Lipinski definition) is 2. The molecule has 0 aromatic heterocycles. The van der Waals surface area contributed by atoms with E-state index in [0.29, 0.717) is 6.54 Å². The summed E-state index contributed by atoms with van der Waals surface area (Å²) >= 11 is 0. The first-order valence-electron chi connectivity index (χ1n) is 5.56. The fourth-order valence-corrected chi connectivity index (χ4v) is 1.84. The number of nitrogens with two attached hydrogens (primary N) is 1. The summed E-state index contributed by atoms with van der Waals surface area (Å²) in [6.45, 7) is 5.54. The van der Waals surface area contributed by atoms with Crippen LogP contribution in [-0.4, -0.2) is 66.7 Å². The molecule has 1 amide bonds. The van der Waals surface area contributed by atoms with E-state index < -0.39 is 0 Å². The van der Waals surface area contributed by atoms with E-state index in [0.717, 1.165) is 45.6 Å². The van der Waals surface area contributed by atoms with Crippen LogP contribution >= 0.6 is 0 Å². The lowest BCUT2D eigenvalue weighted by atomic mass is 10.2. The number of aliphatic hydroxyl groups excluding tert-OH is 1. The van der Waals surface area contributed by atoms with Gasteiger partial charge in [0.15, 0.2) is 0 Å². The fraction of sp³-hybridized carbons (Fsp3) is 0.900. The molecule has 0 aliphatic carbocycles. The molecule has 15 heavy (non-hydrogen) atoms. The van der Waals surface area contributed by atoms with Crippen molar-refractivity contribution in [3.8, 4) is 0 Å². The number of piperazine rings is 1. The SMILES string of the molecule is NC(=O)CN1CCN(CCCCO)CC1. The molecule has 1 aliphatic rings. The first kappa shape index (κ1) is 12.4. The minimum atomic E-state index is -0.247. The third-order valence-electron chi connectivity index (χ3n) is 2.73. The molecule has 1 saturated heterocycles. The van der Waals surface area contributed by atoms with Gasteiger partial charge in [0.05, 0.1) is 6.54 Å². The maximum atomic E-state index is 10.7. The minimum absolute atomic E-state index is 0.247. The zero-order valence-corrected chi connectivity index (χ0v) is 9.19. The Morgan fingerprint density at radius 2 is 1.73 bits per heavy atom. The van der Waals surface area contributed by atoms with Crippen LogP contribution in [0.15, 0.2) is 0 Å². The van der Waals surface area contributed by atoms with Crippen LogP contribution in [0, 0.1) is 0 Å². The summed E-state index contributed by atoms with van der Waals surface area (Å²) in [6, 6.07) is 0. The highest BCUT2D eigenvalue weighted by Crippen LogP contribution is 2.02. The molecule has 1 fully saturated rings. The molecular formula is C10H21N3O2. The van der Waals surface area contributed by atoms with Gasteiger partial charge in [0.2, 0.25) is 5.91 Å². The topological polar surface area (TPSA) is 69.8 Å². The van der Waals surface area contributed by atoms with E-state index in [2.05, 4.69) is 9.80 Å². The van der Waals surface area contributed by atoms with Crippen LogP contribution in [0.25, 0.3) is 0 Å². The van der Waals surface area contributed by atoms with Gasteiger partial charge in [-0.05, 0) is 19.4 Å². The molecule has 1 aliphatic heterocycles. The van der Waals surface area contributed by atoms with E-state index in [1.807, 2.05) is 0 Å². The monoisotopic (exact) mass is 215 g/mol. The molecule has 0 spiro atoms. The molecular weight excluding hydrogens is 194 g/mol. The van der Waals surface area contributed by atoms with Gasteiger partial charge >= 0.3 is 0 Å². The summed E-state index contributed by atoms with van der Waals surface area (Å²) in [5.41, 5.74) is 5.13. The summed E-state index contributed by atoms with van der Waals surface area (Å²) in [5.74, 6) is -0.247. The van der Waals surface area contributed by atoms with Gasteiger partial charge in [-0.2, -0.15) is 0 Å². The molecule has 5 nitrogen and oxygen atoms in total. The lowest BCUT2D eigenvalue weighted by Gasteiger charge is -2.33. The Balaban J connectivity index is 2.10. The van der Waals surface area contributed by atoms with Crippen molar-refractivity contribution in [3.05, 3.63) is 0 Å². The van der Waals surface area contributed by atoms with Crippen LogP contribution < -0.4 is 5.73 Å². The van der Waals surface area contributed by atoms with Crippen molar-refractivity contribution >= 4 is 5.91 Å². The van der Waals surface area contributed by atoms with Crippen LogP contribution in [0.3, 0.4) is 0 Å². The number of carbonyl (C=O) groups is 1. The second-order valence-corrected chi connectivity index (χ2v) is 4.01. The molecule has 0 aromatic rings. The van der Waals surface area contributed by atoms with Crippen molar-refractivity contribution in [3.63, 3.8) is 0 Å². The Kier molecular flexibility index (Phi) is 5.60. The molecule has 0 atom stereocenters. The first-order valence-corrected chi connectivity index (χ1v) is 5.56. The number of aliphatic hydroxyl groups is 1. The smallest absolute Gasteiger partial charge is 0.231 e. The highest BCUT2D eigenvalue weighted by atomic mass is 16.2. The Bertz CT molecular complexity index is 191. The first-order chi connectivity index (χ1) is 7.22. The van der Waals surface area contributed by atoms with Gasteiger partial charge in [-0.1, -0.05) is 0 Å². The van der Waals surface area contributed by atoms with Crippen molar-refractivity contribution in [2.24, 2.45) is 5.73 Å². The minimum Gasteiger partial charge on any atom is -0.396 e. The Morgan fingerprint density at radius 3 is 2.27 bits per heavy atom. The molecule has 0 unspecified atom stereocenters. The summed E-state index contributed by atoms with van der Waals surface area (Å²) in [7, 11) is 0.